The number of anilines is 1. The molecule has 2 aliphatic carbocycles. The molecule has 7 rings (SSSR count). The molecule has 0 amide bonds. The number of carboxylic acid groups (broad SMARTS) is 1. The van der Waals surface area contributed by atoms with Crippen molar-refractivity contribution >= 4 is 22.6 Å². The summed E-state index contributed by atoms with van der Waals surface area (Å²) in [6, 6.07) is 13.0. The lowest BCUT2D eigenvalue weighted by molar-refractivity contribution is -0.137. The largest absolute Gasteiger partial charge is 0.493 e. The summed E-state index contributed by atoms with van der Waals surface area (Å²) in [4.78, 5) is 18.2. The summed E-state index contributed by atoms with van der Waals surface area (Å²) in [5.74, 6) is 0.855. The van der Waals surface area contributed by atoms with Crippen molar-refractivity contribution in [3.05, 3.63) is 71.1 Å². The van der Waals surface area contributed by atoms with Gasteiger partial charge in [-0.1, -0.05) is 23.4 Å². The highest BCUT2D eigenvalue weighted by Gasteiger charge is 2.47. The topological polar surface area (TPSA) is 88.7 Å². The number of aromatic carboxylic acids is 1. The van der Waals surface area contributed by atoms with Crippen molar-refractivity contribution in [2.45, 2.75) is 64.0 Å². The fraction of sp³-hybridized carbons (Fsp3) is 0.441. The Hall–Kier alpha value is -4.08. The molecule has 3 heterocycles. The molecule has 0 radical (unpaired) electrons. The van der Waals surface area contributed by atoms with Crippen molar-refractivity contribution in [1.29, 1.82) is 0 Å². The van der Waals surface area contributed by atoms with E-state index in [1.807, 2.05) is 25.1 Å². The third-order valence-corrected chi connectivity index (χ3v) is 9.65. The van der Waals surface area contributed by atoms with Crippen LogP contribution < -0.4 is 9.64 Å². The molecule has 1 N–H and O–H groups in total. The fourth-order valence-corrected chi connectivity index (χ4v) is 7.34. The Morgan fingerprint density at radius 3 is 2.55 bits per heavy atom. The van der Waals surface area contributed by atoms with Gasteiger partial charge in [-0.25, -0.2) is 9.78 Å². The van der Waals surface area contributed by atoms with Crippen molar-refractivity contribution in [2.75, 3.05) is 24.6 Å². The van der Waals surface area contributed by atoms with E-state index in [0.29, 0.717) is 35.9 Å². The number of ether oxygens (including phenoxy) is 1. The first kappa shape index (κ1) is 28.7. The van der Waals surface area contributed by atoms with Gasteiger partial charge in [-0.05, 0) is 87.5 Å². The Balaban J connectivity index is 1.05. The van der Waals surface area contributed by atoms with E-state index in [1.54, 1.807) is 6.07 Å². The van der Waals surface area contributed by atoms with Crippen LogP contribution in [0.4, 0.5) is 18.9 Å². The number of pyridine rings is 1. The first-order valence-electron chi connectivity index (χ1n) is 15.3. The number of carbonyl (C=O) groups is 1. The number of fused-ring (bicyclic) bond motifs is 1. The van der Waals surface area contributed by atoms with Crippen LogP contribution in [0.15, 0.2) is 53.1 Å². The van der Waals surface area contributed by atoms with E-state index in [2.05, 4.69) is 15.0 Å². The summed E-state index contributed by atoms with van der Waals surface area (Å²) in [6.07, 6.45) is 2.38. The second-order valence-corrected chi connectivity index (χ2v) is 12.6. The van der Waals surface area contributed by atoms with Crippen LogP contribution in [-0.2, 0) is 12.6 Å². The molecule has 44 heavy (non-hydrogen) atoms. The summed E-state index contributed by atoms with van der Waals surface area (Å²) in [5.41, 5.74) is 2.49. The van der Waals surface area contributed by atoms with Crippen molar-refractivity contribution in [3.63, 3.8) is 0 Å². The number of alkyl halides is 3. The maximum atomic E-state index is 13.9. The Kier molecular flexibility index (Phi) is 7.05. The van der Waals surface area contributed by atoms with Gasteiger partial charge in [0, 0.05) is 47.3 Å². The lowest BCUT2D eigenvalue weighted by Gasteiger charge is -2.53. The third-order valence-electron chi connectivity index (χ3n) is 9.65. The molecule has 0 bridgehead atoms. The van der Waals surface area contributed by atoms with E-state index in [-0.39, 0.29) is 22.6 Å². The zero-order valence-electron chi connectivity index (χ0n) is 24.5. The number of rotatable bonds is 8. The maximum absolute atomic E-state index is 13.9. The molecule has 4 aromatic rings. The van der Waals surface area contributed by atoms with Gasteiger partial charge in [0.2, 0.25) is 0 Å². The molecule has 7 nitrogen and oxygen atoms in total. The highest BCUT2D eigenvalue weighted by molar-refractivity contribution is 5.94. The van der Waals surface area contributed by atoms with Crippen molar-refractivity contribution < 1.29 is 32.3 Å². The molecular weight excluding hydrogens is 571 g/mol. The lowest BCUT2D eigenvalue weighted by atomic mass is 9.56. The second-order valence-electron chi connectivity index (χ2n) is 12.6. The van der Waals surface area contributed by atoms with E-state index in [1.165, 1.54) is 18.2 Å². The molecule has 1 spiro atoms. The normalized spacial score (nSPS) is 18.5. The van der Waals surface area contributed by atoms with E-state index < -0.39 is 17.7 Å². The van der Waals surface area contributed by atoms with Crippen LogP contribution in [0.25, 0.3) is 22.2 Å². The first-order valence-corrected chi connectivity index (χ1v) is 15.3. The molecular formula is C34H34F3N3O4. The Bertz CT molecular complexity index is 1710. The van der Waals surface area contributed by atoms with Gasteiger partial charge in [0.15, 0.2) is 5.69 Å². The first-order chi connectivity index (χ1) is 21.1. The van der Waals surface area contributed by atoms with Crippen LogP contribution in [0.1, 0.15) is 78.7 Å². The summed E-state index contributed by atoms with van der Waals surface area (Å²) in [5, 5.41) is 14.4. The number of halogens is 3. The summed E-state index contributed by atoms with van der Waals surface area (Å²) in [7, 11) is 0. The minimum absolute atomic E-state index is 0.0414. The molecule has 2 saturated carbocycles. The van der Waals surface area contributed by atoms with E-state index in [9.17, 15) is 23.1 Å². The zero-order chi connectivity index (χ0) is 30.6. The van der Waals surface area contributed by atoms with Crippen LogP contribution in [-0.4, -0.2) is 40.9 Å². The third kappa shape index (κ3) is 5.28. The molecule has 3 aliphatic rings. The average Bonchev–Trinajstić information content (AvgIpc) is 3.75. The molecule has 0 unspecified atom stereocenters. The number of piperidine rings is 1. The van der Waals surface area contributed by atoms with Gasteiger partial charge in [0.1, 0.15) is 17.2 Å². The number of aromatic nitrogens is 2. The number of hydrogen-bond acceptors (Lipinski definition) is 6. The molecule has 0 atom stereocenters. The van der Waals surface area contributed by atoms with E-state index in [4.69, 9.17) is 9.26 Å². The Morgan fingerprint density at radius 1 is 1.11 bits per heavy atom. The molecule has 3 fully saturated rings. The number of nitrogens with zero attached hydrogens (tertiary/aromatic N) is 3. The molecule has 1 saturated heterocycles. The SMILES string of the molecule is CCOc1cc(C(=O)O)nc2ccc(N3CCC4(CC3)CC(Cc3c(-c5ccccc5C(F)(F)F)noc3C3CC3)C4)cc12. The van der Waals surface area contributed by atoms with Crippen molar-refractivity contribution in [1.82, 2.24) is 10.1 Å². The predicted octanol–water partition coefficient (Wildman–Crippen LogP) is 8.12. The van der Waals surface area contributed by atoms with Crippen LogP contribution in [0.5, 0.6) is 5.75 Å². The molecule has 1 aliphatic heterocycles. The minimum atomic E-state index is -4.46. The van der Waals surface area contributed by atoms with Gasteiger partial charge in [0.25, 0.3) is 0 Å². The summed E-state index contributed by atoms with van der Waals surface area (Å²) < 4.78 is 53.1. The monoisotopic (exact) mass is 605 g/mol. The zero-order valence-corrected chi connectivity index (χ0v) is 24.5. The van der Waals surface area contributed by atoms with Crippen LogP contribution >= 0.6 is 0 Å². The van der Waals surface area contributed by atoms with Gasteiger partial charge in [-0.2, -0.15) is 13.2 Å². The standard InChI is InChI=1S/C34H34F3N3O4/c1-2-43-29-17-28(32(41)42)38-27-10-9-22(16-24(27)29)40-13-11-33(12-14-40)18-20(19-33)15-25-30(39-44-31(25)21-7-8-21)23-5-3-4-6-26(23)34(35,36)37/h3-6,9-10,16-17,20-21H,2,7-8,11-15,18-19H2,1H3,(H,41,42). The van der Waals surface area contributed by atoms with E-state index >= 15 is 0 Å². The smallest absolute Gasteiger partial charge is 0.417 e. The lowest BCUT2D eigenvalue weighted by Crippen LogP contribution is -2.47. The van der Waals surface area contributed by atoms with E-state index in [0.717, 1.165) is 80.1 Å². The van der Waals surface area contributed by atoms with Crippen LogP contribution in [0, 0.1) is 11.3 Å². The number of hydrogen-bond donors (Lipinski definition) is 1. The highest BCUT2D eigenvalue weighted by Crippen LogP contribution is 2.55. The molecule has 2 aromatic carbocycles. The molecule has 10 heteroatoms. The van der Waals surface area contributed by atoms with Crippen LogP contribution in [0.3, 0.4) is 0 Å². The van der Waals surface area contributed by atoms with Crippen LogP contribution in [0.2, 0.25) is 0 Å². The Morgan fingerprint density at radius 2 is 1.86 bits per heavy atom. The van der Waals surface area contributed by atoms with Crippen molar-refractivity contribution in [3.8, 4) is 17.0 Å². The minimum Gasteiger partial charge on any atom is -0.493 e. The second kappa shape index (κ2) is 10.8. The van der Waals surface area contributed by atoms with Gasteiger partial charge < -0.3 is 19.3 Å². The highest BCUT2D eigenvalue weighted by atomic mass is 19.4. The number of carboxylic acids is 1. The molecule has 230 valence electrons. The van der Waals surface area contributed by atoms with Gasteiger partial charge >= 0.3 is 12.1 Å². The number of benzene rings is 2. The summed E-state index contributed by atoms with van der Waals surface area (Å²) >= 11 is 0. The van der Waals surface area contributed by atoms with Crippen molar-refractivity contribution in [2.24, 2.45) is 11.3 Å². The summed E-state index contributed by atoms with van der Waals surface area (Å²) in [6.45, 7) is 4.08. The predicted molar refractivity (Wildman–Crippen MR) is 159 cm³/mol. The Labute approximate surface area is 253 Å². The van der Waals surface area contributed by atoms with Gasteiger partial charge in [0.05, 0.1) is 17.7 Å². The maximum Gasteiger partial charge on any atom is 0.417 e. The van der Waals surface area contributed by atoms with Gasteiger partial charge in [-0.3, -0.25) is 0 Å². The quantitative estimate of drug-likeness (QED) is 0.217. The fourth-order valence-electron chi connectivity index (χ4n) is 7.34. The van der Waals surface area contributed by atoms with Gasteiger partial charge in [-0.15, -0.1) is 0 Å². The average molecular weight is 606 g/mol. The molecule has 2 aromatic heterocycles.